The number of methoxy groups -OCH3 is 1. The van der Waals surface area contributed by atoms with Crippen LogP contribution in [-0.2, 0) is 14.3 Å². The van der Waals surface area contributed by atoms with Crippen LogP contribution in [0, 0.1) is 25.2 Å². The smallest absolute Gasteiger partial charge is 0.408 e. The SMILES string of the molecule is COc1ccc(NC(=O)C(c2ccc(C)c(C)c2)N(CC#N)C(=O)C(C)NC(=O)OC(C)(C)C)cc1. The Hall–Kier alpha value is -4.06. The van der Waals surface area contributed by atoms with Crippen molar-refractivity contribution in [3.63, 3.8) is 0 Å². The number of hydrogen-bond donors (Lipinski definition) is 2. The van der Waals surface area contributed by atoms with Crippen LogP contribution < -0.4 is 15.4 Å². The number of nitriles is 1. The molecular weight excluding hydrogens is 460 g/mol. The number of ether oxygens (including phenoxy) is 2. The maximum Gasteiger partial charge on any atom is 0.408 e. The summed E-state index contributed by atoms with van der Waals surface area (Å²) in [5.74, 6) is -0.478. The highest BCUT2D eigenvalue weighted by Crippen LogP contribution is 2.26. The molecule has 2 aromatic rings. The number of nitrogens with zero attached hydrogens (tertiary/aromatic N) is 2. The number of amides is 3. The molecule has 0 aliphatic carbocycles. The first kappa shape index (κ1) is 28.2. The molecule has 0 heterocycles. The molecule has 0 saturated carbocycles. The molecule has 2 atom stereocenters. The Kier molecular flexibility index (Phi) is 9.45. The van der Waals surface area contributed by atoms with E-state index in [-0.39, 0.29) is 6.54 Å². The van der Waals surface area contributed by atoms with Gasteiger partial charge in [0.15, 0.2) is 0 Å². The lowest BCUT2D eigenvalue weighted by molar-refractivity contribution is -0.139. The van der Waals surface area contributed by atoms with Crippen LogP contribution in [0.1, 0.15) is 50.4 Å². The molecule has 0 aliphatic heterocycles. The van der Waals surface area contributed by atoms with Crippen molar-refractivity contribution in [1.82, 2.24) is 10.2 Å². The lowest BCUT2D eigenvalue weighted by Gasteiger charge is -2.32. The van der Waals surface area contributed by atoms with Gasteiger partial charge in [0.1, 0.15) is 30.0 Å². The van der Waals surface area contributed by atoms with E-state index < -0.39 is 35.6 Å². The first-order valence-corrected chi connectivity index (χ1v) is 11.5. The largest absolute Gasteiger partial charge is 0.497 e. The molecule has 2 N–H and O–H groups in total. The van der Waals surface area contributed by atoms with Gasteiger partial charge in [0.2, 0.25) is 5.91 Å². The number of alkyl carbamates (subject to hydrolysis) is 1. The minimum absolute atomic E-state index is 0.368. The predicted molar refractivity (Wildman–Crippen MR) is 136 cm³/mol. The summed E-state index contributed by atoms with van der Waals surface area (Å²) in [6, 6.07) is 12.0. The van der Waals surface area contributed by atoms with E-state index in [1.165, 1.54) is 6.92 Å². The summed E-state index contributed by atoms with van der Waals surface area (Å²) in [4.78, 5) is 40.4. The van der Waals surface area contributed by atoms with Crippen molar-refractivity contribution in [2.24, 2.45) is 0 Å². The summed E-state index contributed by atoms with van der Waals surface area (Å²) in [7, 11) is 1.54. The van der Waals surface area contributed by atoms with Gasteiger partial charge in [0.25, 0.3) is 5.91 Å². The van der Waals surface area contributed by atoms with Crippen LogP contribution >= 0.6 is 0 Å². The fourth-order valence-corrected chi connectivity index (χ4v) is 3.46. The molecule has 9 heteroatoms. The first-order chi connectivity index (χ1) is 16.9. The van der Waals surface area contributed by atoms with Crippen molar-refractivity contribution in [3.8, 4) is 11.8 Å². The second-order valence-corrected chi connectivity index (χ2v) is 9.46. The Morgan fingerprint density at radius 2 is 1.69 bits per heavy atom. The summed E-state index contributed by atoms with van der Waals surface area (Å²) < 4.78 is 10.4. The van der Waals surface area contributed by atoms with Gasteiger partial charge in [-0.1, -0.05) is 18.2 Å². The molecule has 9 nitrogen and oxygen atoms in total. The van der Waals surface area contributed by atoms with Gasteiger partial charge in [0.05, 0.1) is 13.2 Å². The average Bonchev–Trinajstić information content (AvgIpc) is 2.79. The Balaban J connectivity index is 2.42. The highest BCUT2D eigenvalue weighted by atomic mass is 16.6. The molecule has 36 heavy (non-hydrogen) atoms. The van der Waals surface area contributed by atoms with Crippen LogP contribution in [0.25, 0.3) is 0 Å². The van der Waals surface area contributed by atoms with Crippen molar-refractivity contribution < 1.29 is 23.9 Å². The van der Waals surface area contributed by atoms with Crippen LogP contribution in [0.3, 0.4) is 0 Å². The third-order valence-corrected chi connectivity index (χ3v) is 5.39. The van der Waals surface area contributed by atoms with Crippen molar-refractivity contribution in [1.29, 1.82) is 5.26 Å². The van der Waals surface area contributed by atoms with Crippen LogP contribution in [-0.4, -0.2) is 48.1 Å². The monoisotopic (exact) mass is 494 g/mol. The summed E-state index contributed by atoms with van der Waals surface area (Å²) in [5.41, 5.74) is 2.24. The molecule has 192 valence electrons. The highest BCUT2D eigenvalue weighted by Gasteiger charge is 2.35. The van der Waals surface area contributed by atoms with E-state index in [2.05, 4.69) is 10.6 Å². The standard InChI is InChI=1S/C27H34N4O5/c1-17-8-9-20(16-18(17)2)23(24(32)30-21-10-12-22(35-7)13-11-21)31(15-14-28)25(33)19(3)29-26(34)36-27(4,5)6/h8-13,16,19,23H,15H2,1-7H3,(H,29,34)(H,30,32). The van der Waals surface area contributed by atoms with E-state index in [0.717, 1.165) is 16.0 Å². The van der Waals surface area contributed by atoms with E-state index >= 15 is 0 Å². The first-order valence-electron chi connectivity index (χ1n) is 11.5. The van der Waals surface area contributed by atoms with Crippen molar-refractivity contribution in [2.45, 2.75) is 59.2 Å². The van der Waals surface area contributed by atoms with E-state index in [0.29, 0.717) is 17.0 Å². The lowest BCUT2D eigenvalue weighted by atomic mass is 9.98. The maximum atomic E-state index is 13.6. The normalized spacial score (nSPS) is 12.5. The molecule has 0 fully saturated rings. The molecule has 0 aromatic heterocycles. The number of aryl methyl sites for hydroxylation is 2. The molecule has 0 spiro atoms. The molecule has 2 rings (SSSR count). The number of carbonyl (C=O) groups excluding carboxylic acids is 3. The molecular formula is C27H34N4O5. The number of hydrogen-bond acceptors (Lipinski definition) is 6. The Labute approximate surface area is 212 Å². The van der Waals surface area contributed by atoms with Crippen LogP contribution in [0.15, 0.2) is 42.5 Å². The maximum absolute atomic E-state index is 13.6. The molecule has 2 unspecified atom stereocenters. The topological polar surface area (TPSA) is 121 Å². The van der Waals surface area contributed by atoms with E-state index in [4.69, 9.17) is 9.47 Å². The van der Waals surface area contributed by atoms with Crippen molar-refractivity contribution in [3.05, 3.63) is 59.2 Å². The number of nitrogens with one attached hydrogen (secondary N) is 2. The number of benzene rings is 2. The van der Waals surface area contributed by atoms with Crippen LogP contribution in [0.2, 0.25) is 0 Å². The number of anilines is 1. The van der Waals surface area contributed by atoms with Gasteiger partial charge < -0.3 is 25.0 Å². The fraction of sp³-hybridized carbons (Fsp3) is 0.407. The number of carbonyl (C=O) groups is 3. The second kappa shape index (κ2) is 12.1. The molecule has 3 amide bonds. The summed E-state index contributed by atoms with van der Waals surface area (Å²) in [6.07, 6.45) is -0.773. The zero-order valence-electron chi connectivity index (χ0n) is 21.8. The highest BCUT2D eigenvalue weighted by molar-refractivity contribution is 5.99. The minimum Gasteiger partial charge on any atom is -0.497 e. The van der Waals surface area contributed by atoms with Gasteiger partial charge in [-0.25, -0.2) is 4.79 Å². The molecule has 2 aromatic carbocycles. The summed E-state index contributed by atoms with van der Waals surface area (Å²) >= 11 is 0. The predicted octanol–water partition coefficient (Wildman–Crippen LogP) is 4.26. The second-order valence-electron chi connectivity index (χ2n) is 9.46. The van der Waals surface area contributed by atoms with Gasteiger partial charge >= 0.3 is 6.09 Å². The molecule has 0 saturated heterocycles. The third-order valence-electron chi connectivity index (χ3n) is 5.39. The Morgan fingerprint density at radius 3 is 2.22 bits per heavy atom. The van der Waals surface area contributed by atoms with E-state index in [1.54, 1.807) is 58.2 Å². The van der Waals surface area contributed by atoms with Gasteiger partial charge in [-0.2, -0.15) is 5.26 Å². The summed E-state index contributed by atoms with van der Waals surface area (Å²) in [6.45, 7) is 10.1. The van der Waals surface area contributed by atoms with Crippen LogP contribution in [0.4, 0.5) is 10.5 Å². The fourth-order valence-electron chi connectivity index (χ4n) is 3.46. The van der Waals surface area contributed by atoms with Crippen LogP contribution in [0.5, 0.6) is 5.75 Å². The zero-order valence-corrected chi connectivity index (χ0v) is 21.8. The van der Waals surface area contributed by atoms with E-state index in [9.17, 15) is 19.6 Å². The number of rotatable bonds is 8. The zero-order chi connectivity index (χ0) is 27.0. The summed E-state index contributed by atoms with van der Waals surface area (Å²) in [5, 5.41) is 14.8. The lowest BCUT2D eigenvalue weighted by Crippen LogP contribution is -2.51. The third kappa shape index (κ3) is 7.73. The Bertz CT molecular complexity index is 1130. The molecule has 0 bridgehead atoms. The van der Waals surface area contributed by atoms with Gasteiger partial charge in [-0.05, 0) is 82.5 Å². The minimum atomic E-state index is -1.12. The van der Waals surface area contributed by atoms with Crippen molar-refractivity contribution >= 4 is 23.6 Å². The van der Waals surface area contributed by atoms with Gasteiger partial charge in [-0.3, -0.25) is 9.59 Å². The van der Waals surface area contributed by atoms with Gasteiger partial charge in [0, 0.05) is 5.69 Å². The van der Waals surface area contributed by atoms with E-state index in [1.807, 2.05) is 32.0 Å². The van der Waals surface area contributed by atoms with Crippen molar-refractivity contribution in [2.75, 3.05) is 19.0 Å². The quantitative estimate of drug-likeness (QED) is 0.529. The van der Waals surface area contributed by atoms with Gasteiger partial charge in [-0.15, -0.1) is 0 Å². The average molecular weight is 495 g/mol. The molecule has 0 aliphatic rings. The molecule has 0 radical (unpaired) electrons. The Morgan fingerprint density at radius 1 is 1.06 bits per heavy atom.